The Morgan fingerprint density at radius 3 is 2.27 bits per heavy atom. The predicted molar refractivity (Wildman–Crippen MR) is 98.9 cm³/mol. The quantitative estimate of drug-likeness (QED) is 0.398. The van der Waals surface area contributed by atoms with Crippen LogP contribution in [0.1, 0.15) is 39.4 Å². The third kappa shape index (κ3) is 3.95. The fraction of sp³-hybridized carbons (Fsp3) is 0.0952. The Balaban J connectivity index is 2.02. The third-order valence-electron chi connectivity index (χ3n) is 4.27. The highest BCUT2D eigenvalue weighted by Gasteiger charge is 2.19. The van der Waals surface area contributed by atoms with E-state index in [0.29, 0.717) is 12.1 Å². The first-order chi connectivity index (χ1) is 12.7. The molecule has 2 aromatic carbocycles. The third-order valence-corrected chi connectivity index (χ3v) is 4.27. The van der Waals surface area contributed by atoms with Gasteiger partial charge in [0.15, 0.2) is 0 Å². The largest absolute Gasteiger partial charge is 0.478 e. The molecule has 26 heavy (non-hydrogen) atoms. The Bertz CT molecular complexity index is 909. The van der Waals surface area contributed by atoms with Crippen LogP contribution in [0.3, 0.4) is 0 Å². The highest BCUT2D eigenvalue weighted by molar-refractivity contribution is 6.00. The SMILES string of the molecule is O=C(O)c1cccc(C(CC(=NO)c2ccncc2)c2ccccc2)c1. The molecule has 0 bridgehead atoms. The molecular formula is C21H18N2O3. The van der Waals surface area contributed by atoms with E-state index in [1.165, 1.54) is 0 Å². The molecule has 0 aliphatic rings. The smallest absolute Gasteiger partial charge is 0.335 e. The first-order valence-electron chi connectivity index (χ1n) is 8.18. The second kappa shape index (κ2) is 8.07. The maximum Gasteiger partial charge on any atom is 0.335 e. The van der Waals surface area contributed by atoms with Crippen LogP contribution >= 0.6 is 0 Å². The fourth-order valence-electron chi connectivity index (χ4n) is 2.96. The number of hydrogen-bond acceptors (Lipinski definition) is 4. The van der Waals surface area contributed by atoms with Crippen molar-refractivity contribution in [3.05, 3.63) is 101 Å². The Morgan fingerprint density at radius 2 is 1.62 bits per heavy atom. The van der Waals surface area contributed by atoms with Crippen molar-refractivity contribution in [3.63, 3.8) is 0 Å². The lowest BCUT2D eigenvalue weighted by Gasteiger charge is -2.19. The number of carbonyl (C=O) groups is 1. The van der Waals surface area contributed by atoms with Crippen molar-refractivity contribution in [3.8, 4) is 0 Å². The number of rotatable bonds is 6. The highest BCUT2D eigenvalue weighted by Crippen LogP contribution is 2.30. The minimum atomic E-state index is -0.969. The van der Waals surface area contributed by atoms with Crippen molar-refractivity contribution < 1.29 is 15.1 Å². The van der Waals surface area contributed by atoms with Crippen molar-refractivity contribution >= 4 is 11.7 Å². The van der Waals surface area contributed by atoms with Crippen molar-refractivity contribution in [1.29, 1.82) is 0 Å². The maximum absolute atomic E-state index is 11.3. The summed E-state index contributed by atoms with van der Waals surface area (Å²) in [5.74, 6) is -1.11. The van der Waals surface area contributed by atoms with Crippen LogP contribution in [0, 0.1) is 0 Å². The number of hydrogen-bond donors (Lipinski definition) is 2. The minimum Gasteiger partial charge on any atom is -0.478 e. The molecule has 130 valence electrons. The Labute approximate surface area is 151 Å². The number of aromatic nitrogens is 1. The topological polar surface area (TPSA) is 82.8 Å². The van der Waals surface area contributed by atoms with Crippen LogP contribution < -0.4 is 0 Å². The van der Waals surface area contributed by atoms with Gasteiger partial charge in [-0.25, -0.2) is 4.79 Å². The monoisotopic (exact) mass is 346 g/mol. The van der Waals surface area contributed by atoms with Crippen molar-refractivity contribution in [2.45, 2.75) is 12.3 Å². The molecule has 0 saturated heterocycles. The van der Waals surface area contributed by atoms with Crippen molar-refractivity contribution in [2.24, 2.45) is 5.16 Å². The lowest BCUT2D eigenvalue weighted by Crippen LogP contribution is -2.11. The van der Waals surface area contributed by atoms with Gasteiger partial charge >= 0.3 is 5.97 Å². The number of nitrogens with zero attached hydrogens (tertiary/aromatic N) is 2. The molecule has 1 heterocycles. The molecular weight excluding hydrogens is 328 g/mol. The van der Waals surface area contributed by atoms with Crippen LogP contribution in [0.4, 0.5) is 0 Å². The lowest BCUT2D eigenvalue weighted by molar-refractivity contribution is 0.0696. The van der Waals surface area contributed by atoms with Gasteiger partial charge in [-0.3, -0.25) is 4.98 Å². The van der Waals surface area contributed by atoms with Gasteiger partial charge in [0.05, 0.1) is 11.3 Å². The van der Waals surface area contributed by atoms with E-state index in [1.54, 1.807) is 42.7 Å². The summed E-state index contributed by atoms with van der Waals surface area (Å²) in [5.41, 5.74) is 3.39. The maximum atomic E-state index is 11.3. The van der Waals surface area contributed by atoms with Crippen LogP contribution in [0.25, 0.3) is 0 Å². The number of pyridine rings is 1. The first kappa shape index (κ1) is 17.4. The van der Waals surface area contributed by atoms with E-state index in [9.17, 15) is 15.1 Å². The van der Waals surface area contributed by atoms with Gasteiger partial charge in [0.2, 0.25) is 0 Å². The Kier molecular flexibility index (Phi) is 5.39. The van der Waals surface area contributed by atoms with Gasteiger partial charge in [0, 0.05) is 30.3 Å². The number of oxime groups is 1. The van der Waals surface area contributed by atoms with E-state index in [-0.39, 0.29) is 11.5 Å². The van der Waals surface area contributed by atoms with Gasteiger partial charge in [-0.15, -0.1) is 0 Å². The molecule has 5 heteroatoms. The molecule has 0 aliphatic heterocycles. The zero-order valence-corrected chi connectivity index (χ0v) is 14.0. The van der Waals surface area contributed by atoms with Gasteiger partial charge in [-0.05, 0) is 35.4 Å². The number of carboxylic acid groups (broad SMARTS) is 1. The van der Waals surface area contributed by atoms with E-state index >= 15 is 0 Å². The molecule has 0 saturated carbocycles. The summed E-state index contributed by atoms with van der Waals surface area (Å²) in [4.78, 5) is 15.3. The standard InChI is InChI=1S/C21H18N2O3/c24-21(25)18-8-4-7-17(13-18)19(15-5-2-1-3-6-15)14-20(23-26)16-9-11-22-12-10-16/h1-13,19,26H,14H2,(H,24,25). The lowest BCUT2D eigenvalue weighted by atomic mass is 9.85. The molecule has 2 N–H and O–H groups in total. The van der Waals surface area contributed by atoms with Gasteiger partial charge in [0.1, 0.15) is 0 Å². The van der Waals surface area contributed by atoms with Crippen LogP contribution in [0.5, 0.6) is 0 Å². The summed E-state index contributed by atoms with van der Waals surface area (Å²) < 4.78 is 0. The van der Waals surface area contributed by atoms with Gasteiger partial charge in [-0.1, -0.05) is 47.6 Å². The number of carboxylic acids is 1. The minimum absolute atomic E-state index is 0.144. The van der Waals surface area contributed by atoms with E-state index < -0.39 is 5.97 Å². The number of aromatic carboxylic acids is 1. The van der Waals surface area contributed by atoms with E-state index in [0.717, 1.165) is 16.7 Å². The Hall–Kier alpha value is -3.47. The van der Waals surface area contributed by atoms with E-state index in [4.69, 9.17) is 0 Å². The molecule has 0 radical (unpaired) electrons. The average Bonchev–Trinajstić information content (AvgIpc) is 2.70. The van der Waals surface area contributed by atoms with Gasteiger partial charge < -0.3 is 10.3 Å². The molecule has 1 unspecified atom stereocenters. The normalized spacial score (nSPS) is 12.5. The van der Waals surface area contributed by atoms with Crippen LogP contribution in [-0.4, -0.2) is 27.0 Å². The molecule has 1 aromatic heterocycles. The van der Waals surface area contributed by atoms with Crippen molar-refractivity contribution in [2.75, 3.05) is 0 Å². The zero-order chi connectivity index (χ0) is 18.4. The molecule has 5 nitrogen and oxygen atoms in total. The molecule has 0 spiro atoms. The summed E-state index contributed by atoms with van der Waals surface area (Å²) in [6, 6.07) is 20.2. The van der Waals surface area contributed by atoms with Crippen LogP contribution in [0.15, 0.2) is 84.3 Å². The molecule has 1 atom stereocenters. The molecule has 3 rings (SSSR count). The Morgan fingerprint density at radius 1 is 0.923 bits per heavy atom. The van der Waals surface area contributed by atoms with Gasteiger partial charge in [0.25, 0.3) is 0 Å². The zero-order valence-electron chi connectivity index (χ0n) is 14.0. The van der Waals surface area contributed by atoms with Crippen LogP contribution in [-0.2, 0) is 0 Å². The molecule has 0 aliphatic carbocycles. The first-order valence-corrected chi connectivity index (χ1v) is 8.18. The highest BCUT2D eigenvalue weighted by atomic mass is 16.4. The van der Waals surface area contributed by atoms with E-state index in [2.05, 4.69) is 10.1 Å². The summed E-state index contributed by atoms with van der Waals surface area (Å²) in [5, 5.41) is 22.3. The second-order valence-electron chi connectivity index (χ2n) is 5.88. The average molecular weight is 346 g/mol. The summed E-state index contributed by atoms with van der Waals surface area (Å²) in [6.07, 6.45) is 3.71. The summed E-state index contributed by atoms with van der Waals surface area (Å²) in [7, 11) is 0. The fourth-order valence-corrected chi connectivity index (χ4v) is 2.96. The molecule has 0 fully saturated rings. The summed E-state index contributed by atoms with van der Waals surface area (Å²) >= 11 is 0. The van der Waals surface area contributed by atoms with Crippen LogP contribution in [0.2, 0.25) is 0 Å². The second-order valence-corrected chi connectivity index (χ2v) is 5.88. The van der Waals surface area contributed by atoms with Gasteiger partial charge in [-0.2, -0.15) is 0 Å². The van der Waals surface area contributed by atoms with Crippen molar-refractivity contribution in [1.82, 2.24) is 4.98 Å². The molecule has 3 aromatic rings. The number of benzene rings is 2. The summed E-state index contributed by atoms with van der Waals surface area (Å²) in [6.45, 7) is 0. The predicted octanol–water partition coefficient (Wildman–Crippen LogP) is 4.18. The molecule has 0 amide bonds. The van der Waals surface area contributed by atoms with E-state index in [1.807, 2.05) is 36.4 Å².